The largest absolute Gasteiger partial charge is 0.354 e. The molecule has 1 rings (SSSR count). The predicted octanol–water partition coefficient (Wildman–Crippen LogP) is 2.32. The molecule has 0 saturated heterocycles. The lowest BCUT2D eigenvalue weighted by Gasteiger charge is -2.01. The molecule has 1 atom stereocenters. The van der Waals surface area contributed by atoms with E-state index < -0.39 is 0 Å². The maximum atomic E-state index is 11.4. The molecule has 0 spiro atoms. The highest BCUT2D eigenvalue weighted by atomic mass is 32.1. The molecular weight excluding hydrogens is 196 g/mol. The fraction of sp³-hybridized carbons (Fsp3) is 0.600. The molecule has 1 unspecified atom stereocenters. The van der Waals surface area contributed by atoms with Crippen LogP contribution < -0.4 is 5.32 Å². The van der Waals surface area contributed by atoms with Crippen LogP contribution in [0, 0.1) is 6.92 Å². The van der Waals surface area contributed by atoms with E-state index >= 15 is 0 Å². The SMILES string of the molecule is CCC(C)c1nc(C)c(C(=O)NC)s1. The van der Waals surface area contributed by atoms with Gasteiger partial charge in [-0.2, -0.15) is 0 Å². The van der Waals surface area contributed by atoms with Crippen LogP contribution in [0.25, 0.3) is 0 Å². The van der Waals surface area contributed by atoms with Crippen molar-refractivity contribution in [1.82, 2.24) is 10.3 Å². The summed E-state index contributed by atoms with van der Waals surface area (Å²) in [6.07, 6.45) is 1.06. The molecule has 0 aliphatic carbocycles. The molecule has 1 aromatic heterocycles. The van der Waals surface area contributed by atoms with Crippen LogP contribution in [0.15, 0.2) is 0 Å². The quantitative estimate of drug-likeness (QED) is 0.835. The first-order valence-corrected chi connectivity index (χ1v) is 5.61. The number of aromatic nitrogens is 1. The normalized spacial score (nSPS) is 12.6. The average Bonchev–Trinajstić information content (AvgIpc) is 2.58. The van der Waals surface area contributed by atoms with Gasteiger partial charge in [0.2, 0.25) is 0 Å². The lowest BCUT2D eigenvalue weighted by Crippen LogP contribution is -2.17. The van der Waals surface area contributed by atoms with Gasteiger partial charge >= 0.3 is 0 Å². The number of hydrogen-bond donors (Lipinski definition) is 1. The monoisotopic (exact) mass is 212 g/mol. The van der Waals surface area contributed by atoms with Crippen LogP contribution in [0.2, 0.25) is 0 Å². The molecule has 0 aromatic carbocycles. The van der Waals surface area contributed by atoms with E-state index in [0.29, 0.717) is 5.92 Å². The summed E-state index contributed by atoms with van der Waals surface area (Å²) < 4.78 is 0. The third-order valence-corrected chi connectivity index (χ3v) is 3.67. The van der Waals surface area contributed by atoms with Crippen molar-refractivity contribution >= 4 is 17.2 Å². The third kappa shape index (κ3) is 2.12. The molecule has 4 heteroatoms. The summed E-state index contributed by atoms with van der Waals surface area (Å²) in [5, 5.41) is 3.68. The van der Waals surface area contributed by atoms with E-state index in [1.165, 1.54) is 11.3 Å². The molecule has 0 saturated carbocycles. The van der Waals surface area contributed by atoms with Crippen LogP contribution >= 0.6 is 11.3 Å². The zero-order valence-electron chi connectivity index (χ0n) is 9.05. The smallest absolute Gasteiger partial charge is 0.263 e. The number of hydrogen-bond acceptors (Lipinski definition) is 3. The number of carbonyl (C=O) groups excluding carboxylic acids is 1. The maximum absolute atomic E-state index is 11.4. The van der Waals surface area contributed by atoms with E-state index in [1.807, 2.05) is 6.92 Å². The van der Waals surface area contributed by atoms with Crippen molar-refractivity contribution in [3.63, 3.8) is 0 Å². The van der Waals surface area contributed by atoms with Gasteiger partial charge in [0.05, 0.1) is 10.7 Å². The van der Waals surface area contributed by atoms with Gasteiger partial charge < -0.3 is 5.32 Å². The van der Waals surface area contributed by atoms with Crippen molar-refractivity contribution in [2.45, 2.75) is 33.1 Å². The average molecular weight is 212 g/mol. The summed E-state index contributed by atoms with van der Waals surface area (Å²) in [6, 6.07) is 0. The number of aryl methyl sites for hydroxylation is 1. The zero-order valence-corrected chi connectivity index (χ0v) is 9.86. The van der Waals surface area contributed by atoms with Crippen molar-refractivity contribution in [2.75, 3.05) is 7.05 Å². The first-order valence-electron chi connectivity index (χ1n) is 4.79. The Bertz CT molecular complexity index is 333. The van der Waals surface area contributed by atoms with E-state index in [2.05, 4.69) is 24.1 Å². The van der Waals surface area contributed by atoms with Crippen molar-refractivity contribution in [3.05, 3.63) is 15.6 Å². The summed E-state index contributed by atoms with van der Waals surface area (Å²) in [4.78, 5) is 16.6. The molecule has 1 N–H and O–H groups in total. The van der Waals surface area contributed by atoms with E-state index in [4.69, 9.17) is 0 Å². The molecule has 1 amide bonds. The van der Waals surface area contributed by atoms with Crippen molar-refractivity contribution in [1.29, 1.82) is 0 Å². The summed E-state index contributed by atoms with van der Waals surface area (Å²) in [5.74, 6) is 0.409. The Morgan fingerprint density at radius 1 is 1.64 bits per heavy atom. The molecular formula is C10H16N2OS. The summed E-state index contributed by atoms with van der Waals surface area (Å²) in [5.41, 5.74) is 0.838. The Hall–Kier alpha value is -0.900. The molecule has 78 valence electrons. The third-order valence-electron chi connectivity index (χ3n) is 2.28. The molecule has 0 fully saturated rings. The van der Waals surface area contributed by atoms with Crippen molar-refractivity contribution in [2.24, 2.45) is 0 Å². The van der Waals surface area contributed by atoms with Gasteiger partial charge in [0.15, 0.2) is 0 Å². The van der Waals surface area contributed by atoms with Crippen LogP contribution in [-0.4, -0.2) is 17.9 Å². The summed E-state index contributed by atoms with van der Waals surface area (Å²) >= 11 is 1.50. The second-order valence-electron chi connectivity index (χ2n) is 3.36. The minimum Gasteiger partial charge on any atom is -0.354 e. The molecule has 0 bridgehead atoms. The van der Waals surface area contributed by atoms with Gasteiger partial charge in [0.1, 0.15) is 4.88 Å². The van der Waals surface area contributed by atoms with Gasteiger partial charge in [0.25, 0.3) is 5.91 Å². The minimum absolute atomic E-state index is 0.0328. The van der Waals surface area contributed by atoms with E-state index in [9.17, 15) is 4.79 Å². The highest BCUT2D eigenvalue weighted by Crippen LogP contribution is 2.26. The van der Waals surface area contributed by atoms with Gasteiger partial charge in [-0.3, -0.25) is 4.79 Å². The number of carbonyl (C=O) groups is 1. The van der Waals surface area contributed by atoms with Gasteiger partial charge in [-0.1, -0.05) is 13.8 Å². The van der Waals surface area contributed by atoms with Crippen LogP contribution in [0.1, 0.15) is 46.6 Å². The first kappa shape index (κ1) is 11.2. The van der Waals surface area contributed by atoms with Gasteiger partial charge in [-0.05, 0) is 13.3 Å². The Kier molecular flexibility index (Phi) is 3.63. The van der Waals surface area contributed by atoms with Crippen LogP contribution in [0.5, 0.6) is 0 Å². The van der Waals surface area contributed by atoms with Gasteiger partial charge in [0, 0.05) is 13.0 Å². The molecule has 3 nitrogen and oxygen atoms in total. The molecule has 1 aromatic rings. The van der Waals surface area contributed by atoms with Crippen LogP contribution in [0.4, 0.5) is 0 Å². The summed E-state index contributed by atoms with van der Waals surface area (Å²) in [7, 11) is 1.64. The fourth-order valence-corrected chi connectivity index (χ4v) is 2.27. The van der Waals surface area contributed by atoms with E-state index in [-0.39, 0.29) is 5.91 Å². The molecule has 0 aliphatic heterocycles. The number of nitrogens with one attached hydrogen (secondary N) is 1. The fourth-order valence-electron chi connectivity index (χ4n) is 1.13. The molecule has 14 heavy (non-hydrogen) atoms. The van der Waals surface area contributed by atoms with Crippen LogP contribution in [0.3, 0.4) is 0 Å². The van der Waals surface area contributed by atoms with Crippen molar-refractivity contribution < 1.29 is 4.79 Å². The van der Waals surface area contributed by atoms with Gasteiger partial charge in [-0.25, -0.2) is 4.98 Å². The van der Waals surface area contributed by atoms with Gasteiger partial charge in [-0.15, -0.1) is 11.3 Å². The Morgan fingerprint density at radius 3 is 2.79 bits per heavy atom. The Balaban J connectivity index is 2.98. The first-order chi connectivity index (χ1) is 6.60. The molecule has 1 heterocycles. The second kappa shape index (κ2) is 4.55. The maximum Gasteiger partial charge on any atom is 0.263 e. The number of nitrogens with zero attached hydrogens (tertiary/aromatic N) is 1. The highest BCUT2D eigenvalue weighted by molar-refractivity contribution is 7.13. The van der Waals surface area contributed by atoms with Crippen molar-refractivity contribution in [3.8, 4) is 0 Å². The number of rotatable bonds is 3. The lowest BCUT2D eigenvalue weighted by molar-refractivity contribution is 0.0966. The predicted molar refractivity (Wildman–Crippen MR) is 58.9 cm³/mol. The standard InChI is InChI=1S/C10H16N2OS/c1-5-6(2)10-12-7(3)8(14-10)9(13)11-4/h6H,5H2,1-4H3,(H,11,13). The Labute approximate surface area is 88.6 Å². The number of amides is 1. The zero-order chi connectivity index (χ0) is 10.7. The second-order valence-corrected chi connectivity index (χ2v) is 4.39. The Morgan fingerprint density at radius 2 is 2.29 bits per heavy atom. The lowest BCUT2D eigenvalue weighted by atomic mass is 10.1. The molecule has 0 aliphatic rings. The summed E-state index contributed by atoms with van der Waals surface area (Å²) in [6.45, 7) is 6.14. The molecule has 0 radical (unpaired) electrons. The van der Waals surface area contributed by atoms with Crippen LogP contribution in [-0.2, 0) is 0 Å². The topological polar surface area (TPSA) is 42.0 Å². The highest BCUT2D eigenvalue weighted by Gasteiger charge is 2.16. The minimum atomic E-state index is -0.0328. The number of thiazole rings is 1. The van der Waals surface area contributed by atoms with E-state index in [0.717, 1.165) is 22.0 Å². The van der Waals surface area contributed by atoms with E-state index in [1.54, 1.807) is 7.05 Å².